The summed E-state index contributed by atoms with van der Waals surface area (Å²) in [6, 6.07) is 3.64. The fourth-order valence-corrected chi connectivity index (χ4v) is 2.52. The van der Waals surface area contributed by atoms with Gasteiger partial charge in [0.25, 0.3) is 5.82 Å². The highest BCUT2D eigenvalue weighted by Gasteiger charge is 2.37. The van der Waals surface area contributed by atoms with Gasteiger partial charge in [-0.2, -0.15) is 17.7 Å². The third-order valence-corrected chi connectivity index (χ3v) is 3.73. The molecule has 0 unspecified atom stereocenters. The average Bonchev–Trinajstić information content (AvgIpc) is 2.90. The quantitative estimate of drug-likeness (QED) is 0.907. The molecule has 1 N–H and O–H groups in total. The lowest BCUT2D eigenvalue weighted by Crippen LogP contribution is -2.41. The first-order valence-corrected chi connectivity index (χ1v) is 6.71. The van der Waals surface area contributed by atoms with E-state index in [1.165, 1.54) is 6.07 Å². The van der Waals surface area contributed by atoms with Crippen LogP contribution in [0.25, 0.3) is 5.65 Å². The second-order valence-electron chi connectivity index (χ2n) is 5.03. The summed E-state index contributed by atoms with van der Waals surface area (Å²) in [5, 5.41) is 13.9. The Bertz CT molecular complexity index is 629. The molecule has 21 heavy (non-hydrogen) atoms. The SMILES string of the molecule is CNC1CCN(c2ccc3nnc(C(F)(F)F)n3n2)CC1. The molecule has 0 bridgehead atoms. The number of nitrogens with zero attached hydrogens (tertiary/aromatic N) is 5. The van der Waals surface area contributed by atoms with Crippen LogP contribution in [0.15, 0.2) is 12.1 Å². The lowest BCUT2D eigenvalue weighted by atomic mass is 10.1. The van der Waals surface area contributed by atoms with Gasteiger partial charge in [0.05, 0.1) is 0 Å². The van der Waals surface area contributed by atoms with Gasteiger partial charge in [0.15, 0.2) is 5.65 Å². The summed E-state index contributed by atoms with van der Waals surface area (Å²) in [5.74, 6) is -0.577. The van der Waals surface area contributed by atoms with Crippen LogP contribution in [0.3, 0.4) is 0 Å². The summed E-state index contributed by atoms with van der Waals surface area (Å²) in [6.45, 7) is 1.51. The highest BCUT2D eigenvalue weighted by molar-refractivity contribution is 5.46. The van der Waals surface area contributed by atoms with E-state index in [9.17, 15) is 13.2 Å². The number of nitrogens with one attached hydrogen (secondary N) is 1. The van der Waals surface area contributed by atoms with Gasteiger partial charge in [0.1, 0.15) is 5.82 Å². The van der Waals surface area contributed by atoms with Gasteiger partial charge in [-0.15, -0.1) is 15.3 Å². The van der Waals surface area contributed by atoms with Gasteiger partial charge >= 0.3 is 6.18 Å². The fraction of sp³-hybridized carbons (Fsp3) is 0.583. The Hall–Kier alpha value is -1.90. The number of hydrogen-bond donors (Lipinski definition) is 1. The Labute approximate surface area is 119 Å². The monoisotopic (exact) mass is 300 g/mol. The minimum absolute atomic E-state index is 0.0937. The van der Waals surface area contributed by atoms with Gasteiger partial charge in [-0.3, -0.25) is 0 Å². The summed E-state index contributed by atoms with van der Waals surface area (Å²) in [4.78, 5) is 1.98. The van der Waals surface area contributed by atoms with E-state index in [4.69, 9.17) is 0 Å². The number of anilines is 1. The minimum atomic E-state index is -4.57. The van der Waals surface area contributed by atoms with E-state index in [-0.39, 0.29) is 5.65 Å². The molecular formula is C12H15F3N6. The normalized spacial score (nSPS) is 17.6. The third kappa shape index (κ3) is 2.65. The summed E-state index contributed by atoms with van der Waals surface area (Å²) >= 11 is 0. The number of aromatic nitrogens is 4. The van der Waals surface area contributed by atoms with Crippen molar-refractivity contribution < 1.29 is 13.2 Å². The zero-order valence-corrected chi connectivity index (χ0v) is 11.4. The number of alkyl halides is 3. The van der Waals surface area contributed by atoms with Crippen LogP contribution in [0.2, 0.25) is 0 Å². The van der Waals surface area contributed by atoms with Gasteiger partial charge in [0.2, 0.25) is 0 Å². The summed E-state index contributed by atoms with van der Waals surface area (Å²) in [7, 11) is 1.91. The molecule has 114 valence electrons. The van der Waals surface area contributed by atoms with E-state index in [0.29, 0.717) is 11.9 Å². The van der Waals surface area contributed by atoms with Crippen LogP contribution in [0.5, 0.6) is 0 Å². The maximum absolute atomic E-state index is 12.8. The average molecular weight is 300 g/mol. The Kier molecular flexibility index (Phi) is 3.44. The molecule has 0 amide bonds. The van der Waals surface area contributed by atoms with E-state index in [0.717, 1.165) is 30.4 Å². The molecule has 2 aromatic heterocycles. The van der Waals surface area contributed by atoms with E-state index >= 15 is 0 Å². The predicted molar refractivity (Wildman–Crippen MR) is 70.1 cm³/mol. The summed E-state index contributed by atoms with van der Waals surface area (Å²) in [6.07, 6.45) is -2.70. The number of halogens is 3. The number of fused-ring (bicyclic) bond motifs is 1. The molecule has 0 saturated carbocycles. The highest BCUT2D eigenvalue weighted by atomic mass is 19.4. The van der Waals surface area contributed by atoms with Crippen molar-refractivity contribution in [3.63, 3.8) is 0 Å². The minimum Gasteiger partial charge on any atom is -0.355 e. The molecule has 6 nitrogen and oxygen atoms in total. The Balaban J connectivity index is 1.90. The Morgan fingerprint density at radius 1 is 1.19 bits per heavy atom. The van der Waals surface area contributed by atoms with Crippen molar-refractivity contribution in [3.8, 4) is 0 Å². The number of hydrogen-bond acceptors (Lipinski definition) is 5. The molecule has 0 radical (unpaired) electrons. The van der Waals surface area contributed by atoms with Crippen LogP contribution in [0, 0.1) is 0 Å². The highest BCUT2D eigenvalue weighted by Crippen LogP contribution is 2.28. The van der Waals surface area contributed by atoms with Crippen LogP contribution in [-0.4, -0.2) is 46.0 Å². The molecule has 0 atom stereocenters. The molecule has 1 saturated heterocycles. The first kappa shape index (κ1) is 14.1. The van der Waals surface area contributed by atoms with Gasteiger partial charge in [-0.1, -0.05) is 0 Å². The standard InChI is InChI=1S/C12H15F3N6/c1-16-8-4-6-20(7-5-8)10-3-2-9-17-18-11(12(13,14)15)21(9)19-10/h2-3,8,16H,4-7H2,1H3. The molecule has 2 aromatic rings. The molecule has 3 rings (SSSR count). The van der Waals surface area contributed by atoms with E-state index in [1.807, 2.05) is 11.9 Å². The van der Waals surface area contributed by atoms with Crippen molar-refractivity contribution >= 4 is 11.5 Å². The number of rotatable bonds is 2. The predicted octanol–water partition coefficient (Wildman–Crippen LogP) is 1.33. The van der Waals surface area contributed by atoms with Crippen molar-refractivity contribution in [2.45, 2.75) is 25.1 Å². The summed E-state index contributed by atoms with van der Waals surface area (Å²) < 4.78 is 39.3. The Morgan fingerprint density at radius 3 is 2.52 bits per heavy atom. The zero-order valence-electron chi connectivity index (χ0n) is 11.4. The first-order chi connectivity index (χ1) is 9.99. The van der Waals surface area contributed by atoms with Crippen LogP contribution in [-0.2, 0) is 6.18 Å². The zero-order chi connectivity index (χ0) is 15.0. The van der Waals surface area contributed by atoms with Gasteiger partial charge < -0.3 is 10.2 Å². The van der Waals surface area contributed by atoms with E-state index < -0.39 is 12.0 Å². The van der Waals surface area contributed by atoms with Crippen molar-refractivity contribution in [2.24, 2.45) is 0 Å². The molecule has 9 heteroatoms. The summed E-state index contributed by atoms with van der Waals surface area (Å²) in [5.41, 5.74) is 0.0937. The van der Waals surface area contributed by atoms with E-state index in [1.54, 1.807) is 6.07 Å². The Morgan fingerprint density at radius 2 is 1.90 bits per heavy atom. The first-order valence-electron chi connectivity index (χ1n) is 6.71. The molecule has 0 aromatic carbocycles. The second kappa shape index (κ2) is 5.14. The van der Waals surface area contributed by atoms with Crippen molar-refractivity contribution in [1.29, 1.82) is 0 Å². The maximum atomic E-state index is 12.8. The van der Waals surface area contributed by atoms with Crippen LogP contribution < -0.4 is 10.2 Å². The van der Waals surface area contributed by atoms with Gasteiger partial charge in [0, 0.05) is 19.1 Å². The van der Waals surface area contributed by atoms with E-state index in [2.05, 4.69) is 20.6 Å². The molecule has 1 fully saturated rings. The fourth-order valence-electron chi connectivity index (χ4n) is 2.52. The number of piperidine rings is 1. The lowest BCUT2D eigenvalue weighted by Gasteiger charge is -2.32. The van der Waals surface area contributed by atoms with Crippen molar-refractivity contribution in [2.75, 3.05) is 25.0 Å². The molecule has 1 aliphatic heterocycles. The topological polar surface area (TPSA) is 58.3 Å². The third-order valence-electron chi connectivity index (χ3n) is 3.73. The smallest absolute Gasteiger partial charge is 0.355 e. The van der Waals surface area contributed by atoms with Crippen LogP contribution >= 0.6 is 0 Å². The van der Waals surface area contributed by atoms with Crippen LogP contribution in [0.1, 0.15) is 18.7 Å². The molecule has 1 aliphatic rings. The van der Waals surface area contributed by atoms with Crippen molar-refractivity contribution in [3.05, 3.63) is 18.0 Å². The van der Waals surface area contributed by atoms with Gasteiger partial charge in [-0.25, -0.2) is 0 Å². The van der Waals surface area contributed by atoms with Crippen molar-refractivity contribution in [1.82, 2.24) is 25.1 Å². The largest absolute Gasteiger partial charge is 0.453 e. The van der Waals surface area contributed by atoms with Gasteiger partial charge in [-0.05, 0) is 32.0 Å². The molecule has 3 heterocycles. The molecule has 0 aliphatic carbocycles. The molecule has 0 spiro atoms. The van der Waals surface area contributed by atoms with Crippen LogP contribution in [0.4, 0.5) is 19.0 Å². The maximum Gasteiger partial charge on any atom is 0.453 e. The second-order valence-corrected chi connectivity index (χ2v) is 5.03. The molecular weight excluding hydrogens is 285 g/mol. The lowest BCUT2D eigenvalue weighted by molar-refractivity contribution is -0.146.